The Balaban J connectivity index is 2.66. The predicted molar refractivity (Wildman–Crippen MR) is 72.9 cm³/mol. The summed E-state index contributed by atoms with van der Waals surface area (Å²) >= 11 is 1.69. The van der Waals surface area contributed by atoms with Gasteiger partial charge in [0.2, 0.25) is 0 Å². The van der Waals surface area contributed by atoms with Crippen LogP contribution in [0.1, 0.15) is 44.6 Å². The van der Waals surface area contributed by atoms with Crippen LogP contribution in [0.3, 0.4) is 0 Å². The molecule has 0 saturated carbocycles. The molecule has 0 spiro atoms. The summed E-state index contributed by atoms with van der Waals surface area (Å²) in [6.45, 7) is 9.76. The van der Waals surface area contributed by atoms with E-state index >= 15 is 0 Å². The normalized spacial score (nSPS) is 11.4. The zero-order chi connectivity index (χ0) is 13.1. The fourth-order valence-electron chi connectivity index (χ4n) is 1.47. The highest BCUT2D eigenvalue weighted by molar-refractivity contribution is 7.10. The van der Waals surface area contributed by atoms with Crippen molar-refractivity contribution < 1.29 is 9.53 Å². The van der Waals surface area contributed by atoms with Crippen molar-refractivity contribution in [1.29, 1.82) is 0 Å². The molecule has 3 nitrogen and oxygen atoms in total. The first-order valence-electron chi connectivity index (χ1n) is 5.90. The number of anilines is 1. The third kappa shape index (κ3) is 4.38. The van der Waals surface area contributed by atoms with Gasteiger partial charge in [-0.3, -0.25) is 5.32 Å². The zero-order valence-corrected chi connectivity index (χ0v) is 12.0. The summed E-state index contributed by atoms with van der Waals surface area (Å²) in [5.41, 5.74) is 1.57. The highest BCUT2D eigenvalue weighted by Crippen LogP contribution is 2.27. The number of hydrogen-bond donors (Lipinski definition) is 1. The molecule has 1 rings (SSSR count). The summed E-state index contributed by atoms with van der Waals surface area (Å²) in [6.07, 6.45) is 1.79. The van der Waals surface area contributed by atoms with Crippen molar-refractivity contribution in [1.82, 2.24) is 0 Å². The second-order valence-electron chi connectivity index (χ2n) is 5.07. The Labute approximate surface area is 107 Å². The largest absolute Gasteiger partial charge is 0.444 e. The van der Waals surface area contributed by atoms with Crippen LogP contribution < -0.4 is 5.32 Å². The third-order valence-corrected chi connectivity index (χ3v) is 3.40. The second kappa shape index (κ2) is 5.54. The Morgan fingerprint density at radius 2 is 2.12 bits per heavy atom. The SMILES string of the molecule is CCCc1scc(NC(=O)OC(C)(C)C)c1C. The fourth-order valence-corrected chi connectivity index (χ4v) is 2.57. The van der Waals surface area contributed by atoms with Gasteiger partial charge in [-0.2, -0.15) is 0 Å². The molecule has 0 bridgehead atoms. The van der Waals surface area contributed by atoms with E-state index in [0.717, 1.165) is 24.1 Å². The molecule has 0 fully saturated rings. The van der Waals surface area contributed by atoms with Crippen molar-refractivity contribution >= 4 is 23.1 Å². The van der Waals surface area contributed by atoms with Gasteiger partial charge in [0.05, 0.1) is 5.69 Å². The van der Waals surface area contributed by atoms with Crippen LogP contribution in [0.2, 0.25) is 0 Å². The lowest BCUT2D eigenvalue weighted by molar-refractivity contribution is 0.0636. The molecular weight excluding hydrogens is 234 g/mol. The van der Waals surface area contributed by atoms with E-state index in [0.29, 0.717) is 0 Å². The van der Waals surface area contributed by atoms with Gasteiger partial charge in [0.15, 0.2) is 0 Å². The van der Waals surface area contributed by atoms with E-state index < -0.39 is 5.60 Å². The molecule has 4 heteroatoms. The molecule has 0 unspecified atom stereocenters. The van der Waals surface area contributed by atoms with E-state index in [1.54, 1.807) is 11.3 Å². The van der Waals surface area contributed by atoms with Gasteiger partial charge in [-0.15, -0.1) is 11.3 Å². The first-order valence-corrected chi connectivity index (χ1v) is 6.78. The van der Waals surface area contributed by atoms with Crippen molar-refractivity contribution in [2.45, 2.75) is 53.1 Å². The monoisotopic (exact) mass is 255 g/mol. The summed E-state index contributed by atoms with van der Waals surface area (Å²) < 4.78 is 5.22. The summed E-state index contributed by atoms with van der Waals surface area (Å²) in [5.74, 6) is 0. The van der Waals surface area contributed by atoms with Crippen LogP contribution in [0.25, 0.3) is 0 Å². The lowest BCUT2D eigenvalue weighted by atomic mass is 10.2. The number of aryl methyl sites for hydroxylation is 1. The molecular formula is C13H21NO2S. The molecule has 0 aromatic carbocycles. The summed E-state index contributed by atoms with van der Waals surface area (Å²) in [4.78, 5) is 13.0. The van der Waals surface area contributed by atoms with E-state index in [2.05, 4.69) is 12.2 Å². The van der Waals surface area contributed by atoms with E-state index in [-0.39, 0.29) is 6.09 Å². The Morgan fingerprint density at radius 3 is 2.65 bits per heavy atom. The first-order chi connectivity index (χ1) is 7.83. The van der Waals surface area contributed by atoms with Gasteiger partial charge in [0.25, 0.3) is 0 Å². The van der Waals surface area contributed by atoms with Gasteiger partial charge in [0.1, 0.15) is 5.60 Å². The molecule has 1 heterocycles. The lowest BCUT2D eigenvalue weighted by Gasteiger charge is -2.19. The van der Waals surface area contributed by atoms with Crippen molar-refractivity contribution in [3.05, 3.63) is 15.8 Å². The predicted octanol–water partition coefficient (Wildman–Crippen LogP) is 4.36. The number of amides is 1. The highest BCUT2D eigenvalue weighted by atomic mass is 32.1. The van der Waals surface area contributed by atoms with Gasteiger partial charge in [0, 0.05) is 10.3 Å². The van der Waals surface area contributed by atoms with Gasteiger partial charge in [-0.05, 0) is 39.7 Å². The maximum absolute atomic E-state index is 11.6. The number of rotatable bonds is 3. The smallest absolute Gasteiger partial charge is 0.412 e. The van der Waals surface area contributed by atoms with Gasteiger partial charge >= 0.3 is 6.09 Å². The van der Waals surface area contributed by atoms with Crippen molar-refractivity contribution in [2.75, 3.05) is 5.32 Å². The maximum Gasteiger partial charge on any atom is 0.412 e. The molecule has 1 N–H and O–H groups in total. The number of hydrogen-bond acceptors (Lipinski definition) is 3. The van der Waals surface area contributed by atoms with Crippen LogP contribution in [0.5, 0.6) is 0 Å². The molecule has 1 amide bonds. The van der Waals surface area contributed by atoms with Gasteiger partial charge < -0.3 is 4.74 Å². The van der Waals surface area contributed by atoms with E-state index in [9.17, 15) is 4.79 Å². The molecule has 1 aromatic rings. The average Bonchev–Trinajstić information content (AvgIpc) is 2.47. The van der Waals surface area contributed by atoms with Crippen molar-refractivity contribution in [2.24, 2.45) is 0 Å². The van der Waals surface area contributed by atoms with Crippen molar-refractivity contribution in [3.63, 3.8) is 0 Å². The van der Waals surface area contributed by atoms with Crippen molar-refractivity contribution in [3.8, 4) is 0 Å². The first kappa shape index (κ1) is 14.0. The summed E-state index contributed by atoms with van der Waals surface area (Å²) in [5, 5.41) is 4.77. The van der Waals surface area contributed by atoms with E-state index in [4.69, 9.17) is 4.74 Å². The minimum absolute atomic E-state index is 0.388. The molecule has 0 aliphatic heterocycles. The molecule has 0 aliphatic rings. The van der Waals surface area contributed by atoms with E-state index in [1.807, 2.05) is 33.1 Å². The molecule has 0 radical (unpaired) electrons. The van der Waals surface area contributed by atoms with Crippen LogP contribution in [0.15, 0.2) is 5.38 Å². The number of carbonyl (C=O) groups is 1. The molecule has 0 aliphatic carbocycles. The molecule has 0 saturated heterocycles. The summed E-state index contributed by atoms with van der Waals surface area (Å²) in [7, 11) is 0. The van der Waals surface area contributed by atoms with Crippen LogP contribution in [0.4, 0.5) is 10.5 Å². The zero-order valence-electron chi connectivity index (χ0n) is 11.2. The Hall–Kier alpha value is -1.03. The molecule has 17 heavy (non-hydrogen) atoms. The quantitative estimate of drug-likeness (QED) is 0.871. The standard InChI is InChI=1S/C13H21NO2S/c1-6-7-11-9(2)10(8-17-11)14-12(15)16-13(3,4)5/h8H,6-7H2,1-5H3,(H,14,15). The minimum Gasteiger partial charge on any atom is -0.444 e. The topological polar surface area (TPSA) is 38.3 Å². The fraction of sp³-hybridized carbons (Fsp3) is 0.615. The van der Waals surface area contributed by atoms with Gasteiger partial charge in [-0.25, -0.2) is 4.79 Å². The number of carbonyl (C=O) groups excluding carboxylic acids is 1. The molecule has 1 aromatic heterocycles. The number of nitrogens with one attached hydrogen (secondary N) is 1. The van der Waals surface area contributed by atoms with Crippen LogP contribution in [-0.2, 0) is 11.2 Å². The van der Waals surface area contributed by atoms with Gasteiger partial charge in [-0.1, -0.05) is 13.3 Å². The van der Waals surface area contributed by atoms with Crippen LogP contribution in [-0.4, -0.2) is 11.7 Å². The lowest BCUT2D eigenvalue weighted by Crippen LogP contribution is -2.27. The number of ether oxygens (including phenoxy) is 1. The Bertz CT molecular complexity index is 391. The minimum atomic E-state index is -0.458. The molecule has 96 valence electrons. The number of thiophene rings is 1. The van der Waals surface area contributed by atoms with E-state index in [1.165, 1.54) is 4.88 Å². The summed E-state index contributed by atoms with van der Waals surface area (Å²) in [6, 6.07) is 0. The van der Waals surface area contributed by atoms with Crippen LogP contribution in [0, 0.1) is 6.92 Å². The highest BCUT2D eigenvalue weighted by Gasteiger charge is 2.17. The second-order valence-corrected chi connectivity index (χ2v) is 6.04. The third-order valence-electron chi connectivity index (χ3n) is 2.25. The Kier molecular flexibility index (Phi) is 4.57. The van der Waals surface area contributed by atoms with Crippen LogP contribution >= 0.6 is 11.3 Å². The maximum atomic E-state index is 11.6. The Morgan fingerprint density at radius 1 is 1.47 bits per heavy atom. The molecule has 0 atom stereocenters. The average molecular weight is 255 g/mol.